The fourth-order valence-electron chi connectivity index (χ4n) is 3.44. The molecule has 0 unspecified atom stereocenters. The molecule has 3 rings (SSSR count). The zero-order chi connectivity index (χ0) is 20.4. The summed E-state index contributed by atoms with van der Waals surface area (Å²) < 4.78 is 11.3. The first-order valence-electron chi connectivity index (χ1n) is 9.40. The van der Waals surface area contributed by atoms with Crippen molar-refractivity contribution in [3.8, 4) is 11.5 Å². The number of aliphatic hydroxyl groups is 1. The van der Waals surface area contributed by atoms with Gasteiger partial charge >= 0.3 is 0 Å². The Morgan fingerprint density at radius 2 is 1.86 bits per heavy atom. The molecule has 2 aromatic rings. The average molecular weight is 381 g/mol. The first-order valence-corrected chi connectivity index (χ1v) is 9.40. The smallest absolute Gasteiger partial charge is 0.256 e. The summed E-state index contributed by atoms with van der Waals surface area (Å²) in [7, 11) is 1.63. The number of rotatable bonds is 7. The summed E-state index contributed by atoms with van der Waals surface area (Å²) in [5.41, 5.74) is 5.44. The molecule has 28 heavy (non-hydrogen) atoms. The van der Waals surface area contributed by atoms with Crippen LogP contribution in [0.25, 0.3) is 0 Å². The van der Waals surface area contributed by atoms with E-state index in [0.29, 0.717) is 18.6 Å². The van der Waals surface area contributed by atoms with Crippen molar-refractivity contribution in [1.29, 1.82) is 0 Å². The van der Waals surface area contributed by atoms with Crippen LogP contribution in [0, 0.1) is 20.8 Å². The summed E-state index contributed by atoms with van der Waals surface area (Å²) in [5, 5.41) is 8.97. The first-order chi connectivity index (χ1) is 13.4. The zero-order valence-corrected chi connectivity index (χ0v) is 16.9. The second-order valence-electron chi connectivity index (χ2n) is 7.14. The second-order valence-corrected chi connectivity index (χ2v) is 7.14. The van der Waals surface area contributed by atoms with Crippen molar-refractivity contribution < 1.29 is 19.4 Å². The van der Waals surface area contributed by atoms with Crippen LogP contribution in [0.4, 0.5) is 5.69 Å². The molecule has 0 saturated carbocycles. The number of carbonyl (C=O) groups is 1. The highest BCUT2D eigenvalue weighted by Crippen LogP contribution is 2.44. The number of hydrogen-bond donors (Lipinski definition) is 1. The third kappa shape index (κ3) is 3.50. The van der Waals surface area contributed by atoms with Crippen molar-refractivity contribution in [1.82, 2.24) is 0 Å². The van der Waals surface area contributed by atoms with Gasteiger partial charge in [0, 0.05) is 30.4 Å². The molecule has 0 radical (unpaired) electrons. The van der Waals surface area contributed by atoms with Gasteiger partial charge in [-0.15, -0.1) is 0 Å². The van der Waals surface area contributed by atoms with Gasteiger partial charge in [0.15, 0.2) is 0 Å². The lowest BCUT2D eigenvalue weighted by atomic mass is 9.87. The van der Waals surface area contributed by atoms with Crippen molar-refractivity contribution in [2.45, 2.75) is 33.2 Å². The SMILES string of the molecule is C=C1C(=O)N(c2cc(C)c(C)c(OC)c2)[C@H]1c1ccc(C)c(OCCCO)c1. The molecule has 1 amide bonds. The van der Waals surface area contributed by atoms with Crippen molar-refractivity contribution in [2.75, 3.05) is 25.2 Å². The van der Waals surface area contributed by atoms with E-state index in [1.165, 1.54) is 0 Å². The van der Waals surface area contributed by atoms with Crippen LogP contribution in [0.15, 0.2) is 42.5 Å². The summed E-state index contributed by atoms with van der Waals surface area (Å²) in [6.07, 6.45) is 0.576. The third-order valence-corrected chi connectivity index (χ3v) is 5.27. The van der Waals surface area contributed by atoms with Crippen molar-refractivity contribution >= 4 is 11.6 Å². The van der Waals surface area contributed by atoms with E-state index in [4.69, 9.17) is 14.6 Å². The van der Waals surface area contributed by atoms with Gasteiger partial charge < -0.3 is 14.6 Å². The minimum absolute atomic E-state index is 0.0846. The number of amides is 1. The van der Waals surface area contributed by atoms with Crippen LogP contribution in [0.3, 0.4) is 0 Å². The normalized spacial score (nSPS) is 16.2. The lowest BCUT2D eigenvalue weighted by molar-refractivity contribution is -0.118. The van der Waals surface area contributed by atoms with Gasteiger partial charge in [0.2, 0.25) is 0 Å². The minimum atomic E-state index is -0.236. The van der Waals surface area contributed by atoms with Gasteiger partial charge in [-0.2, -0.15) is 0 Å². The largest absolute Gasteiger partial charge is 0.496 e. The summed E-state index contributed by atoms with van der Waals surface area (Å²) in [4.78, 5) is 14.4. The summed E-state index contributed by atoms with van der Waals surface area (Å²) >= 11 is 0. The van der Waals surface area contributed by atoms with Crippen molar-refractivity contribution in [3.63, 3.8) is 0 Å². The molecule has 5 nitrogen and oxygen atoms in total. The lowest BCUT2D eigenvalue weighted by Crippen LogP contribution is -2.48. The van der Waals surface area contributed by atoms with Gasteiger partial charge in [-0.25, -0.2) is 0 Å². The van der Waals surface area contributed by atoms with E-state index in [1.807, 2.05) is 51.1 Å². The van der Waals surface area contributed by atoms with Crippen LogP contribution in [0.5, 0.6) is 11.5 Å². The number of aryl methyl sites for hydroxylation is 2. The van der Waals surface area contributed by atoms with Crippen LogP contribution in [0.2, 0.25) is 0 Å². The van der Waals surface area contributed by atoms with Crippen LogP contribution in [0.1, 0.15) is 34.7 Å². The Hall–Kier alpha value is -2.79. The fraction of sp³-hybridized carbons (Fsp3) is 0.348. The molecule has 1 aliphatic rings. The highest BCUT2D eigenvalue weighted by atomic mass is 16.5. The maximum Gasteiger partial charge on any atom is 0.256 e. The molecule has 5 heteroatoms. The zero-order valence-electron chi connectivity index (χ0n) is 16.9. The van der Waals surface area contributed by atoms with Crippen LogP contribution in [-0.4, -0.2) is 31.3 Å². The monoisotopic (exact) mass is 381 g/mol. The number of benzene rings is 2. The number of hydrogen-bond acceptors (Lipinski definition) is 4. The van der Waals surface area contributed by atoms with E-state index < -0.39 is 0 Å². The fourth-order valence-corrected chi connectivity index (χ4v) is 3.44. The average Bonchev–Trinajstić information content (AvgIpc) is 2.69. The van der Waals surface area contributed by atoms with Gasteiger partial charge in [-0.05, 0) is 55.2 Å². The molecule has 1 fully saturated rings. The quantitative estimate of drug-likeness (QED) is 0.447. The molecule has 2 aromatic carbocycles. The van der Waals surface area contributed by atoms with Gasteiger partial charge in [0.1, 0.15) is 11.5 Å². The van der Waals surface area contributed by atoms with E-state index >= 15 is 0 Å². The molecule has 1 N–H and O–H groups in total. The molecular weight excluding hydrogens is 354 g/mol. The lowest BCUT2D eigenvalue weighted by Gasteiger charge is -2.43. The van der Waals surface area contributed by atoms with Crippen LogP contribution in [-0.2, 0) is 4.79 Å². The Bertz CT molecular complexity index is 919. The summed E-state index contributed by atoms with van der Waals surface area (Å²) in [5.74, 6) is 1.44. The van der Waals surface area contributed by atoms with Crippen molar-refractivity contribution in [2.24, 2.45) is 0 Å². The second kappa shape index (κ2) is 8.07. The number of nitrogens with zero attached hydrogens (tertiary/aromatic N) is 1. The Labute approximate surface area is 166 Å². The summed E-state index contributed by atoms with van der Waals surface area (Å²) in [6, 6.07) is 9.61. The first kappa shape index (κ1) is 20.0. The standard InChI is InChI=1S/C23H27NO4/c1-14-7-8-18(12-20(14)28-10-6-9-25)22-17(4)23(26)24(22)19-11-15(2)16(3)21(13-19)27-5/h7-8,11-13,22,25H,4,6,9-10H2,1-3,5H3/t22-/m1/s1. The predicted octanol–water partition coefficient (Wildman–Crippen LogP) is 4.03. The van der Waals surface area contributed by atoms with E-state index in [2.05, 4.69) is 6.58 Å². The highest BCUT2D eigenvalue weighted by Gasteiger charge is 2.43. The molecule has 1 atom stereocenters. The third-order valence-electron chi connectivity index (χ3n) is 5.27. The van der Waals surface area contributed by atoms with Gasteiger partial charge in [0.25, 0.3) is 5.91 Å². The molecule has 1 aliphatic heterocycles. The number of aliphatic hydroxyl groups excluding tert-OH is 1. The summed E-state index contributed by atoms with van der Waals surface area (Å²) in [6.45, 7) is 10.5. The molecule has 148 valence electrons. The number of carbonyl (C=O) groups excluding carboxylic acids is 1. The van der Waals surface area contributed by atoms with Crippen LogP contribution >= 0.6 is 0 Å². The van der Waals surface area contributed by atoms with E-state index in [0.717, 1.165) is 39.4 Å². The predicted molar refractivity (Wildman–Crippen MR) is 110 cm³/mol. The minimum Gasteiger partial charge on any atom is -0.496 e. The molecule has 1 heterocycles. The van der Waals surface area contributed by atoms with Gasteiger partial charge in [-0.1, -0.05) is 18.7 Å². The Morgan fingerprint density at radius 3 is 2.54 bits per heavy atom. The highest BCUT2D eigenvalue weighted by molar-refractivity contribution is 6.15. The molecule has 0 spiro atoms. The Morgan fingerprint density at radius 1 is 1.11 bits per heavy atom. The molecule has 0 bridgehead atoms. The Balaban J connectivity index is 1.96. The van der Waals surface area contributed by atoms with Gasteiger partial charge in [-0.3, -0.25) is 9.69 Å². The van der Waals surface area contributed by atoms with E-state index in [9.17, 15) is 4.79 Å². The number of β-lactam (4-membered cyclic amide) rings is 1. The van der Waals surface area contributed by atoms with E-state index in [1.54, 1.807) is 12.0 Å². The maximum atomic E-state index is 12.6. The molecule has 1 saturated heterocycles. The van der Waals surface area contributed by atoms with Crippen molar-refractivity contribution in [3.05, 3.63) is 64.7 Å². The molecule has 0 aromatic heterocycles. The topological polar surface area (TPSA) is 59.0 Å². The Kier molecular flexibility index (Phi) is 5.75. The van der Waals surface area contributed by atoms with Crippen LogP contribution < -0.4 is 14.4 Å². The van der Waals surface area contributed by atoms with Gasteiger partial charge in [0.05, 0.1) is 19.8 Å². The maximum absolute atomic E-state index is 12.6. The van der Waals surface area contributed by atoms with E-state index in [-0.39, 0.29) is 18.6 Å². The number of anilines is 1. The number of methoxy groups -OCH3 is 1. The number of ether oxygens (including phenoxy) is 2. The molecular formula is C23H27NO4. The molecule has 0 aliphatic carbocycles.